The molecule has 5 fully saturated rings. The highest BCUT2D eigenvalue weighted by atomic mass is 16.5. The molecular formula is C26H31N3O2. The SMILES string of the molecule is CO[C@]1(c2ccnc(C(N)=O)c2)[C@@H]2CCC[C@H]1CN(C13CC(c4ccccc4)(C1)C3)C2. The molecule has 5 heteroatoms. The number of hydrogen-bond donors (Lipinski definition) is 1. The van der Waals surface area contributed by atoms with Crippen molar-refractivity contribution < 1.29 is 9.53 Å². The van der Waals surface area contributed by atoms with Crippen LogP contribution in [-0.4, -0.2) is 41.5 Å². The third-order valence-electron chi connectivity index (χ3n) is 9.06. The molecule has 0 radical (unpaired) electrons. The second-order valence-electron chi connectivity index (χ2n) is 10.4. The van der Waals surface area contributed by atoms with Gasteiger partial charge in [-0.2, -0.15) is 0 Å². The highest BCUT2D eigenvalue weighted by Crippen LogP contribution is 2.71. The molecular weight excluding hydrogens is 386 g/mol. The molecule has 2 N–H and O–H groups in total. The number of amides is 1. The van der Waals surface area contributed by atoms with Crippen molar-refractivity contribution in [2.24, 2.45) is 17.6 Å². The first-order valence-corrected chi connectivity index (χ1v) is 11.6. The average Bonchev–Trinajstić information content (AvgIpc) is 2.72. The zero-order chi connectivity index (χ0) is 21.3. The van der Waals surface area contributed by atoms with Crippen molar-refractivity contribution in [2.45, 2.75) is 55.1 Å². The maximum Gasteiger partial charge on any atom is 0.267 e. The predicted molar refractivity (Wildman–Crippen MR) is 119 cm³/mol. The van der Waals surface area contributed by atoms with Crippen LogP contribution in [0.5, 0.6) is 0 Å². The lowest BCUT2D eigenvalue weighted by molar-refractivity contribution is -0.236. The lowest BCUT2D eigenvalue weighted by Gasteiger charge is -2.76. The fourth-order valence-corrected chi connectivity index (χ4v) is 7.72. The van der Waals surface area contributed by atoms with Crippen LogP contribution in [0.15, 0.2) is 48.7 Å². The number of carbonyl (C=O) groups excluding carboxylic acids is 1. The van der Waals surface area contributed by atoms with Gasteiger partial charge in [0.25, 0.3) is 5.91 Å². The Kier molecular flexibility index (Phi) is 4.16. The number of likely N-dealkylation sites (tertiary alicyclic amines) is 1. The average molecular weight is 418 g/mol. The van der Waals surface area contributed by atoms with Gasteiger partial charge in [0, 0.05) is 49.2 Å². The number of rotatable bonds is 5. The van der Waals surface area contributed by atoms with Crippen molar-refractivity contribution in [3.05, 3.63) is 65.5 Å². The minimum absolute atomic E-state index is 0.332. The molecule has 31 heavy (non-hydrogen) atoms. The van der Waals surface area contributed by atoms with Gasteiger partial charge in [-0.3, -0.25) is 14.7 Å². The van der Waals surface area contributed by atoms with Gasteiger partial charge < -0.3 is 10.5 Å². The number of nitrogens with zero attached hydrogens (tertiary/aromatic N) is 2. The number of methoxy groups -OCH3 is 1. The number of aromatic nitrogens is 1. The molecule has 2 aromatic rings. The van der Waals surface area contributed by atoms with Crippen LogP contribution in [0.25, 0.3) is 0 Å². The molecule has 5 aliphatic rings. The number of benzene rings is 1. The van der Waals surface area contributed by atoms with E-state index in [0.29, 0.717) is 28.5 Å². The highest BCUT2D eigenvalue weighted by molar-refractivity contribution is 5.90. The van der Waals surface area contributed by atoms with E-state index in [-0.39, 0.29) is 5.60 Å². The molecule has 1 aromatic carbocycles. The van der Waals surface area contributed by atoms with Crippen LogP contribution in [0.2, 0.25) is 0 Å². The minimum atomic E-state index is -0.476. The van der Waals surface area contributed by atoms with E-state index in [4.69, 9.17) is 10.5 Å². The van der Waals surface area contributed by atoms with Gasteiger partial charge in [0.15, 0.2) is 0 Å². The molecule has 4 bridgehead atoms. The van der Waals surface area contributed by atoms with Gasteiger partial charge in [-0.25, -0.2) is 0 Å². The van der Waals surface area contributed by atoms with Gasteiger partial charge in [-0.05, 0) is 55.4 Å². The Bertz CT molecular complexity index is 987. The Labute approximate surface area is 184 Å². The summed E-state index contributed by atoms with van der Waals surface area (Å²) in [6, 6.07) is 15.0. The third-order valence-corrected chi connectivity index (χ3v) is 9.06. The molecule has 1 aromatic heterocycles. The minimum Gasteiger partial charge on any atom is -0.373 e. The third kappa shape index (κ3) is 2.56. The van der Waals surface area contributed by atoms with Gasteiger partial charge >= 0.3 is 0 Å². The number of pyridine rings is 1. The van der Waals surface area contributed by atoms with Gasteiger partial charge in [0.1, 0.15) is 11.3 Å². The largest absolute Gasteiger partial charge is 0.373 e. The monoisotopic (exact) mass is 417 g/mol. The summed E-state index contributed by atoms with van der Waals surface area (Å²) >= 11 is 0. The van der Waals surface area contributed by atoms with Crippen molar-refractivity contribution in [2.75, 3.05) is 20.2 Å². The molecule has 4 aliphatic carbocycles. The number of ether oxygens (including phenoxy) is 1. The summed E-state index contributed by atoms with van der Waals surface area (Å²) < 4.78 is 6.37. The smallest absolute Gasteiger partial charge is 0.267 e. The number of fused-ring (bicyclic) bond motifs is 2. The zero-order valence-corrected chi connectivity index (χ0v) is 18.2. The van der Waals surface area contributed by atoms with E-state index in [2.05, 4.69) is 40.2 Å². The molecule has 1 saturated heterocycles. The molecule has 1 amide bonds. The van der Waals surface area contributed by atoms with E-state index in [1.54, 1.807) is 6.20 Å². The zero-order valence-electron chi connectivity index (χ0n) is 18.2. The van der Waals surface area contributed by atoms with E-state index in [1.807, 2.05) is 19.2 Å². The quantitative estimate of drug-likeness (QED) is 0.807. The van der Waals surface area contributed by atoms with E-state index in [1.165, 1.54) is 31.2 Å². The standard InChI is InChI=1S/C26H31N3O2/c1-31-26(19-10-11-28-22(12-19)23(27)30)20-8-5-9-21(26)14-29(13-20)25-15-24(16-25,17-25)18-6-3-2-4-7-18/h2-4,6-7,10-12,20-21H,5,8-9,13-17H2,1H3,(H2,27,30)/t20-,21+,24?,25?,26-. The van der Waals surface area contributed by atoms with Gasteiger partial charge in [0.2, 0.25) is 0 Å². The Hall–Kier alpha value is -2.24. The Morgan fingerprint density at radius 2 is 1.74 bits per heavy atom. The number of primary amides is 1. The molecule has 2 heterocycles. The van der Waals surface area contributed by atoms with Gasteiger partial charge in [0.05, 0.1) is 0 Å². The Balaban J connectivity index is 1.27. The maximum atomic E-state index is 11.8. The lowest BCUT2D eigenvalue weighted by atomic mass is 9.36. The second kappa shape index (κ2) is 6.63. The van der Waals surface area contributed by atoms with Crippen molar-refractivity contribution in [1.29, 1.82) is 0 Å². The molecule has 1 aliphatic heterocycles. The van der Waals surface area contributed by atoms with Crippen molar-refractivity contribution in [3.63, 3.8) is 0 Å². The fourth-order valence-electron chi connectivity index (χ4n) is 7.72. The summed E-state index contributed by atoms with van der Waals surface area (Å²) in [5, 5.41) is 0. The Morgan fingerprint density at radius 3 is 2.35 bits per heavy atom. The summed E-state index contributed by atoms with van der Waals surface area (Å²) in [6.45, 7) is 2.15. The first-order chi connectivity index (χ1) is 15.0. The van der Waals surface area contributed by atoms with Crippen LogP contribution < -0.4 is 5.73 Å². The number of nitrogens with two attached hydrogens (primary N) is 1. The topological polar surface area (TPSA) is 68.5 Å². The molecule has 162 valence electrons. The molecule has 0 spiro atoms. The van der Waals surface area contributed by atoms with Crippen molar-refractivity contribution in [3.8, 4) is 0 Å². The molecule has 4 saturated carbocycles. The van der Waals surface area contributed by atoms with Gasteiger partial charge in [-0.1, -0.05) is 36.8 Å². The fraction of sp³-hybridized carbons (Fsp3) is 0.538. The van der Waals surface area contributed by atoms with Crippen LogP contribution in [0, 0.1) is 11.8 Å². The predicted octanol–water partition coefficient (Wildman–Crippen LogP) is 3.63. The van der Waals surface area contributed by atoms with Gasteiger partial charge in [-0.15, -0.1) is 0 Å². The summed E-state index contributed by atoms with van der Waals surface area (Å²) in [4.78, 5) is 18.7. The molecule has 3 atom stereocenters. The highest BCUT2D eigenvalue weighted by Gasteiger charge is 2.72. The second-order valence-corrected chi connectivity index (χ2v) is 10.4. The van der Waals surface area contributed by atoms with Crippen LogP contribution in [0.1, 0.15) is 60.1 Å². The summed E-state index contributed by atoms with van der Waals surface area (Å²) in [7, 11) is 1.84. The van der Waals surface area contributed by atoms with Crippen LogP contribution in [0.4, 0.5) is 0 Å². The van der Waals surface area contributed by atoms with Crippen LogP contribution >= 0.6 is 0 Å². The lowest BCUT2D eigenvalue weighted by Crippen LogP contribution is -2.79. The molecule has 0 unspecified atom stereocenters. The summed E-state index contributed by atoms with van der Waals surface area (Å²) in [5.41, 5.74) is 8.93. The molecule has 5 nitrogen and oxygen atoms in total. The first kappa shape index (κ1) is 19.4. The number of carbonyl (C=O) groups is 1. The first-order valence-electron chi connectivity index (χ1n) is 11.6. The summed E-state index contributed by atoms with van der Waals surface area (Å²) in [5.74, 6) is 0.375. The van der Waals surface area contributed by atoms with E-state index in [9.17, 15) is 4.79 Å². The van der Waals surface area contributed by atoms with E-state index >= 15 is 0 Å². The van der Waals surface area contributed by atoms with Crippen molar-refractivity contribution in [1.82, 2.24) is 9.88 Å². The van der Waals surface area contributed by atoms with Crippen molar-refractivity contribution >= 4 is 5.91 Å². The van der Waals surface area contributed by atoms with Crippen LogP contribution in [0.3, 0.4) is 0 Å². The number of piperidine rings is 1. The maximum absolute atomic E-state index is 11.8. The molecule has 7 rings (SSSR count). The van der Waals surface area contributed by atoms with E-state index < -0.39 is 5.91 Å². The van der Waals surface area contributed by atoms with Crippen LogP contribution in [-0.2, 0) is 15.8 Å². The Morgan fingerprint density at radius 1 is 1.06 bits per heavy atom. The summed E-state index contributed by atoms with van der Waals surface area (Å²) in [6.07, 6.45) is 9.18. The number of hydrogen-bond acceptors (Lipinski definition) is 4. The normalized spacial score (nSPS) is 38.7. The van der Waals surface area contributed by atoms with E-state index in [0.717, 1.165) is 31.5 Å².